The molecule has 0 atom stereocenters. The summed E-state index contributed by atoms with van der Waals surface area (Å²) >= 11 is 0. The van der Waals surface area contributed by atoms with Gasteiger partial charge in [0.1, 0.15) is 12.1 Å². The van der Waals surface area contributed by atoms with Gasteiger partial charge in [0.15, 0.2) is 0 Å². The van der Waals surface area contributed by atoms with Crippen molar-refractivity contribution in [3.05, 3.63) is 24.5 Å². The molecule has 168 valence electrons. The Morgan fingerprint density at radius 3 is 2.55 bits per heavy atom. The van der Waals surface area contributed by atoms with Gasteiger partial charge in [-0.2, -0.15) is 8.78 Å². The number of carbonyl (C=O) groups is 1. The predicted octanol–water partition coefficient (Wildman–Crippen LogP) is 2.98. The van der Waals surface area contributed by atoms with Gasteiger partial charge >= 0.3 is 5.92 Å². The molecule has 0 radical (unpaired) electrons. The number of hydrogen-bond donors (Lipinski definition) is 2. The van der Waals surface area contributed by atoms with Crippen LogP contribution >= 0.6 is 0 Å². The first-order valence-corrected chi connectivity index (χ1v) is 11.0. The van der Waals surface area contributed by atoms with Gasteiger partial charge in [0.05, 0.1) is 5.52 Å². The van der Waals surface area contributed by atoms with E-state index in [0.717, 1.165) is 48.9 Å². The Kier molecular flexibility index (Phi) is 6.22. The second kappa shape index (κ2) is 8.90. The first-order valence-electron chi connectivity index (χ1n) is 11.0. The fourth-order valence-electron chi connectivity index (χ4n) is 4.74. The maximum Gasteiger partial charge on any atom is 0.322 e. The van der Waals surface area contributed by atoms with Gasteiger partial charge in [0, 0.05) is 56.8 Å². The van der Waals surface area contributed by atoms with Crippen LogP contribution in [0.15, 0.2) is 24.5 Å². The van der Waals surface area contributed by atoms with Crippen LogP contribution in [0.4, 0.5) is 20.3 Å². The molecule has 31 heavy (non-hydrogen) atoms. The number of benzene rings is 1. The monoisotopic (exact) mass is 432 g/mol. The van der Waals surface area contributed by atoms with Crippen LogP contribution in [0.25, 0.3) is 10.9 Å². The number of rotatable bonds is 5. The normalized spacial score (nSPS) is 23.1. The minimum absolute atomic E-state index is 0.383. The van der Waals surface area contributed by atoms with E-state index in [1.165, 1.54) is 4.90 Å². The van der Waals surface area contributed by atoms with Crippen LogP contribution < -0.4 is 11.1 Å². The molecular formula is C22H30F2N6O. The van der Waals surface area contributed by atoms with Crippen molar-refractivity contribution in [3.63, 3.8) is 0 Å². The second-order valence-electron chi connectivity index (χ2n) is 8.77. The molecule has 1 saturated heterocycles. The maximum absolute atomic E-state index is 13.3. The zero-order valence-electron chi connectivity index (χ0n) is 17.9. The molecule has 1 aliphatic heterocycles. The molecule has 1 amide bonds. The van der Waals surface area contributed by atoms with E-state index < -0.39 is 11.8 Å². The molecule has 1 aromatic carbocycles. The summed E-state index contributed by atoms with van der Waals surface area (Å²) in [6.07, 6.45) is 5.95. The highest BCUT2D eigenvalue weighted by Gasteiger charge is 2.38. The van der Waals surface area contributed by atoms with Crippen molar-refractivity contribution in [1.82, 2.24) is 19.8 Å². The minimum Gasteiger partial charge on any atom is -0.399 e. The van der Waals surface area contributed by atoms with Crippen LogP contribution in [0.5, 0.6) is 0 Å². The zero-order valence-corrected chi connectivity index (χ0v) is 17.9. The van der Waals surface area contributed by atoms with E-state index >= 15 is 0 Å². The predicted molar refractivity (Wildman–Crippen MR) is 117 cm³/mol. The number of halogens is 2. The molecule has 0 unspecified atom stereocenters. The summed E-state index contributed by atoms with van der Waals surface area (Å²) < 4.78 is 26.5. The molecule has 2 fully saturated rings. The Morgan fingerprint density at radius 1 is 1.16 bits per heavy atom. The molecule has 2 heterocycles. The number of nitrogens with zero attached hydrogens (tertiary/aromatic N) is 4. The Hall–Kier alpha value is -2.55. The van der Waals surface area contributed by atoms with Crippen molar-refractivity contribution >= 4 is 28.3 Å². The summed E-state index contributed by atoms with van der Waals surface area (Å²) in [5.41, 5.74) is 7.48. The summed E-state index contributed by atoms with van der Waals surface area (Å²) in [7, 11) is 0. The highest BCUT2D eigenvalue weighted by molar-refractivity contribution is 5.91. The average molecular weight is 433 g/mol. The first kappa shape index (κ1) is 21.7. The molecule has 1 aliphatic carbocycles. The van der Waals surface area contributed by atoms with Gasteiger partial charge in [0.2, 0.25) is 0 Å². The Morgan fingerprint density at radius 2 is 1.87 bits per heavy atom. The molecule has 2 aliphatic rings. The quantitative estimate of drug-likeness (QED) is 0.707. The molecule has 0 bridgehead atoms. The van der Waals surface area contributed by atoms with Gasteiger partial charge in [0.25, 0.3) is 5.91 Å². The lowest BCUT2D eigenvalue weighted by atomic mass is 9.85. The Bertz CT molecular complexity index is 918. The third-order valence-corrected chi connectivity index (χ3v) is 6.53. The molecule has 9 heteroatoms. The average Bonchev–Trinajstić information content (AvgIpc) is 2.77. The Labute approximate surface area is 181 Å². The van der Waals surface area contributed by atoms with Crippen LogP contribution in [0, 0.1) is 5.92 Å². The smallest absolute Gasteiger partial charge is 0.322 e. The number of hydrogen-bond acceptors (Lipinski definition) is 6. The Balaban J connectivity index is 1.25. The largest absolute Gasteiger partial charge is 0.399 e. The third kappa shape index (κ3) is 5.03. The fraction of sp³-hybridized carbons (Fsp3) is 0.591. The van der Waals surface area contributed by atoms with Gasteiger partial charge < -0.3 is 16.0 Å². The van der Waals surface area contributed by atoms with Crippen LogP contribution in [-0.2, 0) is 4.79 Å². The lowest BCUT2D eigenvalue weighted by Gasteiger charge is -2.42. The minimum atomic E-state index is -3.28. The molecule has 2 aromatic rings. The highest BCUT2D eigenvalue weighted by Crippen LogP contribution is 2.30. The fourth-order valence-corrected chi connectivity index (χ4v) is 4.74. The maximum atomic E-state index is 13.3. The molecule has 0 spiro atoms. The van der Waals surface area contributed by atoms with Gasteiger partial charge in [-0.25, -0.2) is 9.97 Å². The standard InChI is InChI=1S/C22H30F2N6O/c1-22(23,24)21(31)30-10-8-29(9-11-30)17-5-2-15(3-6-17)13-26-20-18-12-16(25)4-7-19(18)27-14-28-20/h4,7,12,14-15,17H,2-3,5-6,8-11,13,25H2,1H3,(H,26,27,28)/t15-,17-. The van der Waals surface area contributed by atoms with Gasteiger partial charge in [-0.3, -0.25) is 9.69 Å². The zero-order chi connectivity index (χ0) is 22.0. The summed E-state index contributed by atoms with van der Waals surface area (Å²) in [6, 6.07) is 6.10. The number of aromatic nitrogens is 2. The number of amides is 1. The van der Waals surface area contributed by atoms with Crippen molar-refractivity contribution in [3.8, 4) is 0 Å². The molecule has 3 N–H and O–H groups in total. The SMILES string of the molecule is CC(F)(F)C(=O)N1CCN([C@H]2CC[C@H](CNc3ncnc4ccc(N)cc34)CC2)CC1. The number of nitrogens with two attached hydrogens (primary N) is 1. The van der Waals surface area contributed by atoms with E-state index in [0.29, 0.717) is 50.7 Å². The van der Waals surface area contributed by atoms with Crippen molar-refractivity contribution in [2.45, 2.75) is 44.6 Å². The lowest BCUT2D eigenvalue weighted by Crippen LogP contribution is -2.55. The van der Waals surface area contributed by atoms with Gasteiger partial charge in [-0.1, -0.05) is 0 Å². The number of carbonyl (C=O) groups excluding carboxylic acids is 1. The molecule has 4 rings (SSSR count). The van der Waals surface area contributed by atoms with Crippen LogP contribution in [0.3, 0.4) is 0 Å². The van der Waals surface area contributed by atoms with Crippen LogP contribution in [-0.4, -0.2) is 70.4 Å². The number of fused-ring (bicyclic) bond motifs is 1. The van der Waals surface area contributed by atoms with E-state index in [1.54, 1.807) is 6.33 Å². The van der Waals surface area contributed by atoms with E-state index in [2.05, 4.69) is 20.2 Å². The molecular weight excluding hydrogens is 402 g/mol. The van der Waals surface area contributed by atoms with Crippen LogP contribution in [0.2, 0.25) is 0 Å². The number of alkyl halides is 2. The first-order chi connectivity index (χ1) is 14.8. The lowest BCUT2D eigenvalue weighted by molar-refractivity contribution is -0.157. The summed E-state index contributed by atoms with van der Waals surface area (Å²) in [5.74, 6) is -2.97. The number of nitrogen functional groups attached to an aromatic ring is 1. The third-order valence-electron chi connectivity index (χ3n) is 6.53. The van der Waals surface area contributed by atoms with E-state index in [9.17, 15) is 13.6 Å². The van der Waals surface area contributed by atoms with E-state index in [4.69, 9.17) is 5.73 Å². The topological polar surface area (TPSA) is 87.4 Å². The highest BCUT2D eigenvalue weighted by atomic mass is 19.3. The molecule has 1 saturated carbocycles. The van der Waals surface area contributed by atoms with E-state index in [-0.39, 0.29) is 0 Å². The van der Waals surface area contributed by atoms with E-state index in [1.807, 2.05) is 18.2 Å². The van der Waals surface area contributed by atoms with Gasteiger partial charge in [-0.05, 0) is 49.8 Å². The number of piperazine rings is 1. The molecule has 1 aromatic heterocycles. The van der Waals surface area contributed by atoms with Gasteiger partial charge in [-0.15, -0.1) is 0 Å². The van der Waals surface area contributed by atoms with Crippen molar-refractivity contribution in [1.29, 1.82) is 0 Å². The summed E-state index contributed by atoms with van der Waals surface area (Å²) in [5, 5.41) is 4.41. The summed E-state index contributed by atoms with van der Waals surface area (Å²) in [6.45, 7) is 3.63. The van der Waals surface area contributed by atoms with Crippen LogP contribution in [0.1, 0.15) is 32.6 Å². The number of nitrogens with one attached hydrogen (secondary N) is 1. The number of anilines is 2. The van der Waals surface area contributed by atoms with Crippen molar-refractivity contribution in [2.24, 2.45) is 5.92 Å². The second-order valence-corrected chi connectivity index (χ2v) is 8.77. The van der Waals surface area contributed by atoms with Crippen molar-refractivity contribution < 1.29 is 13.6 Å². The molecule has 7 nitrogen and oxygen atoms in total. The van der Waals surface area contributed by atoms with Crippen molar-refractivity contribution in [2.75, 3.05) is 43.8 Å². The summed E-state index contributed by atoms with van der Waals surface area (Å²) in [4.78, 5) is 24.1.